The lowest BCUT2D eigenvalue weighted by molar-refractivity contribution is -0.00300. The molecule has 0 radical (unpaired) electrons. The number of aromatic nitrogens is 7. The Hall–Kier alpha value is -4.38. The summed E-state index contributed by atoms with van der Waals surface area (Å²) in [6, 6.07) is 7.83. The number of ether oxygens (including phenoxy) is 1. The minimum absolute atomic E-state index is 0.00632. The number of nitrogens with zero attached hydrogens (tertiary/aromatic N) is 7. The Morgan fingerprint density at radius 3 is 3.00 bits per heavy atom. The lowest BCUT2D eigenvalue weighted by Crippen LogP contribution is -2.48. The predicted molar refractivity (Wildman–Crippen MR) is 144 cm³/mol. The highest BCUT2D eigenvalue weighted by Crippen LogP contribution is 2.34. The van der Waals surface area contributed by atoms with E-state index in [9.17, 15) is 4.79 Å². The second kappa shape index (κ2) is 9.82. The highest BCUT2D eigenvalue weighted by molar-refractivity contribution is 6.11. The number of pyridine rings is 1. The number of carbonyl (C=O) groups excluding carboxylic acids is 1. The molecule has 1 aliphatic heterocycles. The minimum atomic E-state index is -0.255. The van der Waals surface area contributed by atoms with Gasteiger partial charge in [0.1, 0.15) is 17.5 Å². The molecule has 2 N–H and O–H groups in total. The van der Waals surface area contributed by atoms with Crippen LogP contribution in [-0.2, 0) is 11.8 Å². The summed E-state index contributed by atoms with van der Waals surface area (Å²) in [5, 5.41) is 9.52. The molecule has 11 nitrogen and oxygen atoms in total. The highest BCUT2D eigenvalue weighted by Gasteiger charge is 2.30. The minimum Gasteiger partial charge on any atom is -0.377 e. The van der Waals surface area contributed by atoms with Crippen LogP contribution >= 0.6 is 0 Å². The summed E-state index contributed by atoms with van der Waals surface area (Å²) >= 11 is 0. The van der Waals surface area contributed by atoms with Crippen molar-refractivity contribution in [1.29, 1.82) is 0 Å². The SMILES string of the molecule is CCC1COCCN1C(=O)c1nc([C@H](C)Nc2ncnc3[nH]cnc23)cc2cccc(-c3cnn(C)c3)c12. The monoisotopic (exact) mass is 511 g/mol. The number of hydrogen-bond acceptors (Lipinski definition) is 8. The van der Waals surface area contributed by atoms with E-state index in [1.165, 1.54) is 6.33 Å². The van der Waals surface area contributed by atoms with E-state index in [2.05, 4.69) is 37.3 Å². The van der Waals surface area contributed by atoms with Gasteiger partial charge in [0.2, 0.25) is 0 Å². The Balaban J connectivity index is 1.48. The van der Waals surface area contributed by atoms with Crippen molar-refractivity contribution in [2.45, 2.75) is 32.4 Å². The number of morpholine rings is 1. The first-order valence-corrected chi connectivity index (χ1v) is 12.8. The number of fused-ring (bicyclic) bond motifs is 2. The second-order valence-corrected chi connectivity index (χ2v) is 9.53. The van der Waals surface area contributed by atoms with Crippen LogP contribution in [0.1, 0.15) is 42.5 Å². The molecule has 11 heteroatoms. The maximum atomic E-state index is 14.2. The van der Waals surface area contributed by atoms with Gasteiger partial charge in [-0.05, 0) is 30.4 Å². The van der Waals surface area contributed by atoms with Crippen LogP contribution in [0.25, 0.3) is 33.1 Å². The fourth-order valence-electron chi connectivity index (χ4n) is 5.05. The summed E-state index contributed by atoms with van der Waals surface area (Å²) < 4.78 is 7.43. The topological polar surface area (TPSA) is 127 Å². The first-order chi connectivity index (χ1) is 18.5. The molecule has 5 aromatic rings. The molecule has 1 fully saturated rings. The van der Waals surface area contributed by atoms with Crippen molar-refractivity contribution in [3.63, 3.8) is 0 Å². The van der Waals surface area contributed by atoms with Crippen LogP contribution in [0.5, 0.6) is 0 Å². The van der Waals surface area contributed by atoms with Gasteiger partial charge in [0.05, 0.1) is 43.5 Å². The zero-order chi connectivity index (χ0) is 26.2. The number of aryl methyl sites for hydroxylation is 1. The zero-order valence-corrected chi connectivity index (χ0v) is 21.5. The van der Waals surface area contributed by atoms with Crippen LogP contribution in [-0.4, -0.2) is 71.3 Å². The largest absolute Gasteiger partial charge is 0.377 e. The molecular formula is C27H29N9O2. The maximum Gasteiger partial charge on any atom is 0.273 e. The third-order valence-corrected chi connectivity index (χ3v) is 7.07. The van der Waals surface area contributed by atoms with Crippen LogP contribution in [0.2, 0.25) is 0 Å². The number of amides is 1. The number of carbonyl (C=O) groups is 1. The predicted octanol–water partition coefficient (Wildman–Crippen LogP) is 3.73. The smallest absolute Gasteiger partial charge is 0.273 e. The summed E-state index contributed by atoms with van der Waals surface area (Å²) in [6.07, 6.45) is 7.66. The molecule has 1 saturated heterocycles. The van der Waals surface area contributed by atoms with Crippen LogP contribution in [0.15, 0.2) is 49.3 Å². The molecule has 1 amide bonds. The lowest BCUT2D eigenvalue weighted by atomic mass is 9.96. The van der Waals surface area contributed by atoms with Crippen molar-refractivity contribution in [1.82, 2.24) is 39.6 Å². The Labute approximate surface area is 219 Å². The van der Waals surface area contributed by atoms with Gasteiger partial charge in [0.15, 0.2) is 11.5 Å². The summed E-state index contributed by atoms with van der Waals surface area (Å²) in [5.74, 6) is 0.508. The molecule has 4 aromatic heterocycles. The third-order valence-electron chi connectivity index (χ3n) is 7.07. The molecule has 0 bridgehead atoms. The van der Waals surface area contributed by atoms with E-state index in [4.69, 9.17) is 9.72 Å². The fraction of sp³-hybridized carbons (Fsp3) is 0.333. The molecule has 0 spiro atoms. The van der Waals surface area contributed by atoms with Crippen LogP contribution in [0.3, 0.4) is 0 Å². The van der Waals surface area contributed by atoms with E-state index < -0.39 is 0 Å². The quantitative estimate of drug-likeness (QED) is 0.353. The Morgan fingerprint density at radius 1 is 1.29 bits per heavy atom. The molecule has 38 heavy (non-hydrogen) atoms. The van der Waals surface area contributed by atoms with Gasteiger partial charge in [-0.3, -0.25) is 9.48 Å². The fourth-order valence-corrected chi connectivity index (χ4v) is 5.05. The van der Waals surface area contributed by atoms with Crippen molar-refractivity contribution in [3.8, 4) is 11.1 Å². The van der Waals surface area contributed by atoms with Crippen molar-refractivity contribution < 1.29 is 9.53 Å². The molecule has 194 valence electrons. The van der Waals surface area contributed by atoms with E-state index in [1.54, 1.807) is 11.0 Å². The molecule has 2 atom stereocenters. The molecule has 1 unspecified atom stereocenters. The standard InChI is InChI=1S/C27H29N9O2/c1-4-19-13-38-9-8-36(19)27(37)23-22-17(6-5-7-20(22)18-11-32-35(3)12-18)10-21(34-23)16(2)33-26-24-25(29-14-28-24)30-15-31-26/h5-7,10-12,14-16,19H,4,8-9,13H2,1-3H3,(H2,28,29,30,31,33)/t16-,19?/m0/s1. The first-order valence-electron chi connectivity index (χ1n) is 12.8. The van der Waals surface area contributed by atoms with Crippen molar-refractivity contribution in [3.05, 3.63) is 60.7 Å². The van der Waals surface area contributed by atoms with Gasteiger partial charge in [0, 0.05) is 30.7 Å². The van der Waals surface area contributed by atoms with E-state index in [0.717, 1.165) is 34.0 Å². The number of aromatic amines is 1. The van der Waals surface area contributed by atoms with Gasteiger partial charge in [-0.15, -0.1) is 0 Å². The Bertz CT molecular complexity index is 1630. The summed E-state index contributed by atoms with van der Waals surface area (Å²) in [5.41, 5.74) is 4.31. The van der Waals surface area contributed by atoms with Gasteiger partial charge >= 0.3 is 0 Å². The Kier molecular flexibility index (Phi) is 6.20. The highest BCUT2D eigenvalue weighted by atomic mass is 16.5. The second-order valence-electron chi connectivity index (χ2n) is 9.53. The normalized spacial score (nSPS) is 16.7. The number of anilines is 1. The molecule has 1 aromatic carbocycles. The molecule has 0 saturated carbocycles. The number of rotatable bonds is 6. The summed E-state index contributed by atoms with van der Waals surface area (Å²) in [6.45, 7) is 5.65. The molecule has 1 aliphatic rings. The lowest BCUT2D eigenvalue weighted by Gasteiger charge is -2.35. The molecule has 6 rings (SSSR count). The average Bonchev–Trinajstić information content (AvgIpc) is 3.61. The van der Waals surface area contributed by atoms with E-state index in [0.29, 0.717) is 42.4 Å². The van der Waals surface area contributed by atoms with Crippen molar-refractivity contribution >= 4 is 33.7 Å². The average molecular weight is 512 g/mol. The number of hydrogen-bond donors (Lipinski definition) is 2. The van der Waals surface area contributed by atoms with E-state index >= 15 is 0 Å². The Morgan fingerprint density at radius 2 is 2.18 bits per heavy atom. The molecule has 5 heterocycles. The maximum absolute atomic E-state index is 14.2. The van der Waals surface area contributed by atoms with Crippen LogP contribution in [0, 0.1) is 0 Å². The van der Waals surface area contributed by atoms with Crippen molar-refractivity contribution in [2.24, 2.45) is 7.05 Å². The third kappa shape index (κ3) is 4.24. The van der Waals surface area contributed by atoms with Gasteiger partial charge < -0.3 is 19.9 Å². The number of benzene rings is 1. The van der Waals surface area contributed by atoms with E-state index in [-0.39, 0.29) is 18.0 Å². The van der Waals surface area contributed by atoms with Gasteiger partial charge in [-0.25, -0.2) is 19.9 Å². The molecule has 0 aliphatic carbocycles. The van der Waals surface area contributed by atoms with E-state index in [1.807, 2.05) is 55.5 Å². The number of nitrogens with one attached hydrogen (secondary N) is 2. The van der Waals surface area contributed by atoms with Crippen molar-refractivity contribution in [2.75, 3.05) is 25.1 Å². The summed E-state index contributed by atoms with van der Waals surface area (Å²) in [7, 11) is 1.88. The zero-order valence-electron chi connectivity index (χ0n) is 21.5. The van der Waals surface area contributed by atoms with Crippen LogP contribution in [0.4, 0.5) is 5.82 Å². The van der Waals surface area contributed by atoms with Gasteiger partial charge in [-0.1, -0.05) is 25.1 Å². The molecular weight excluding hydrogens is 482 g/mol. The van der Waals surface area contributed by atoms with Gasteiger partial charge in [0.25, 0.3) is 5.91 Å². The van der Waals surface area contributed by atoms with Crippen LogP contribution < -0.4 is 5.32 Å². The number of H-pyrrole nitrogens is 1. The number of imidazole rings is 1. The first kappa shape index (κ1) is 24.0. The van der Waals surface area contributed by atoms with Gasteiger partial charge in [-0.2, -0.15) is 5.10 Å². The summed E-state index contributed by atoms with van der Waals surface area (Å²) in [4.78, 5) is 37.0.